The summed E-state index contributed by atoms with van der Waals surface area (Å²) in [7, 11) is 0. The molecular formula is C32H31Cl2FN4O2. The molecule has 1 fully saturated rings. The van der Waals surface area contributed by atoms with Gasteiger partial charge in [0.15, 0.2) is 11.6 Å². The first kappa shape index (κ1) is 28.9. The van der Waals surface area contributed by atoms with Crippen LogP contribution in [0.2, 0.25) is 10.0 Å². The Morgan fingerprint density at radius 2 is 1.78 bits per heavy atom. The Hall–Kier alpha value is -3.65. The second-order valence-corrected chi connectivity index (χ2v) is 11.0. The van der Waals surface area contributed by atoms with Gasteiger partial charge in [0.2, 0.25) is 0 Å². The predicted octanol–water partition coefficient (Wildman–Crippen LogP) is 7.31. The summed E-state index contributed by atoms with van der Waals surface area (Å²) in [6.45, 7) is 4.53. The van der Waals surface area contributed by atoms with Gasteiger partial charge in [-0.2, -0.15) is 0 Å². The molecule has 1 aliphatic heterocycles. The lowest BCUT2D eigenvalue weighted by Gasteiger charge is -2.32. The molecule has 0 radical (unpaired) electrons. The molecule has 6 nitrogen and oxygen atoms in total. The van der Waals surface area contributed by atoms with Crippen molar-refractivity contribution < 1.29 is 13.9 Å². The van der Waals surface area contributed by atoms with Crippen molar-refractivity contribution >= 4 is 34.9 Å². The average Bonchev–Trinajstić information content (AvgIpc) is 2.98. The Morgan fingerprint density at radius 1 is 1.07 bits per heavy atom. The number of halogens is 3. The van der Waals surface area contributed by atoms with Gasteiger partial charge < -0.3 is 15.8 Å². The number of rotatable bonds is 8. The van der Waals surface area contributed by atoms with Gasteiger partial charge in [-0.25, -0.2) is 9.37 Å². The summed E-state index contributed by atoms with van der Waals surface area (Å²) in [6.07, 6.45) is 2.79. The van der Waals surface area contributed by atoms with E-state index in [-0.39, 0.29) is 27.8 Å². The number of amides is 1. The van der Waals surface area contributed by atoms with Crippen LogP contribution in [0.25, 0.3) is 11.1 Å². The highest BCUT2D eigenvalue weighted by molar-refractivity contribution is 6.36. The van der Waals surface area contributed by atoms with Crippen molar-refractivity contribution in [2.24, 2.45) is 0 Å². The molecule has 9 heteroatoms. The molecule has 0 saturated carbocycles. The highest BCUT2D eigenvalue weighted by atomic mass is 35.5. The molecule has 3 aromatic carbocycles. The Morgan fingerprint density at radius 3 is 2.49 bits per heavy atom. The first-order valence-electron chi connectivity index (χ1n) is 13.5. The molecule has 5 rings (SSSR count). The zero-order valence-corrected chi connectivity index (χ0v) is 24.1. The van der Waals surface area contributed by atoms with Crippen LogP contribution in [-0.4, -0.2) is 34.9 Å². The molecule has 0 spiro atoms. The number of likely N-dealkylation sites (tertiary alicyclic amines) is 1. The van der Waals surface area contributed by atoms with Crippen LogP contribution in [0.15, 0.2) is 79.0 Å². The number of carbonyl (C=O) groups excluding carboxylic acids is 1. The molecule has 1 aliphatic rings. The van der Waals surface area contributed by atoms with E-state index >= 15 is 0 Å². The second-order valence-electron chi connectivity index (χ2n) is 10.2. The summed E-state index contributed by atoms with van der Waals surface area (Å²) in [6, 6.07) is 22.3. The van der Waals surface area contributed by atoms with Crippen LogP contribution < -0.4 is 15.8 Å². The zero-order chi connectivity index (χ0) is 28.9. The fourth-order valence-electron chi connectivity index (χ4n) is 5.03. The number of aromatic nitrogens is 1. The van der Waals surface area contributed by atoms with Crippen LogP contribution in [0.3, 0.4) is 0 Å². The Kier molecular flexibility index (Phi) is 9.08. The van der Waals surface area contributed by atoms with Crippen LogP contribution in [-0.2, 0) is 6.54 Å². The summed E-state index contributed by atoms with van der Waals surface area (Å²) in [5.74, 6) is -0.184. The molecule has 1 atom stereocenters. The molecule has 212 valence electrons. The second kappa shape index (κ2) is 12.9. The van der Waals surface area contributed by atoms with E-state index in [1.54, 1.807) is 31.3 Å². The van der Waals surface area contributed by atoms with Gasteiger partial charge in [-0.05, 0) is 61.2 Å². The van der Waals surface area contributed by atoms with Crippen molar-refractivity contribution in [1.29, 1.82) is 0 Å². The van der Waals surface area contributed by atoms with Gasteiger partial charge in [0.05, 0.1) is 5.02 Å². The number of anilines is 1. The minimum atomic E-state index is -0.679. The molecule has 1 amide bonds. The van der Waals surface area contributed by atoms with E-state index in [1.165, 1.54) is 17.7 Å². The molecule has 0 aliphatic carbocycles. The summed E-state index contributed by atoms with van der Waals surface area (Å²) in [4.78, 5) is 19.6. The SMILES string of the molecule is CC(Oc1cc(-c2ccc(C(=O)NC3CCN(Cc4ccccc4)CC3)cc2)cnc1N)c1c(Cl)ccc(F)c1Cl. The smallest absolute Gasteiger partial charge is 0.251 e. The Labute approximate surface area is 249 Å². The molecule has 41 heavy (non-hydrogen) atoms. The van der Waals surface area contributed by atoms with E-state index in [1.807, 2.05) is 18.2 Å². The molecule has 1 saturated heterocycles. The summed E-state index contributed by atoms with van der Waals surface area (Å²) in [5, 5.41) is 3.37. The molecule has 0 bridgehead atoms. The van der Waals surface area contributed by atoms with Gasteiger partial charge >= 0.3 is 0 Å². The molecule has 1 aromatic heterocycles. The number of hydrogen-bond donors (Lipinski definition) is 2. The number of nitrogens with two attached hydrogens (primary N) is 1. The van der Waals surface area contributed by atoms with Crippen molar-refractivity contribution in [3.05, 3.63) is 112 Å². The lowest BCUT2D eigenvalue weighted by atomic mass is 10.0. The first-order valence-corrected chi connectivity index (χ1v) is 14.3. The van der Waals surface area contributed by atoms with Gasteiger partial charge in [0.25, 0.3) is 5.91 Å². The van der Waals surface area contributed by atoms with E-state index in [0.717, 1.165) is 43.6 Å². The number of nitrogens with one attached hydrogen (secondary N) is 1. The fourth-order valence-corrected chi connectivity index (χ4v) is 5.71. The van der Waals surface area contributed by atoms with Gasteiger partial charge in [0.1, 0.15) is 11.9 Å². The third-order valence-electron chi connectivity index (χ3n) is 7.32. The van der Waals surface area contributed by atoms with Gasteiger partial charge in [-0.3, -0.25) is 9.69 Å². The minimum absolute atomic E-state index is 0.0878. The number of pyridine rings is 1. The standard InChI is InChI=1S/C32H31Cl2FN4O2/c1-20(29-26(33)11-12-27(35)30(29)34)41-28-17-24(18-37-31(28)36)22-7-9-23(10-8-22)32(40)38-25-13-15-39(16-14-25)19-21-5-3-2-4-6-21/h2-12,17-18,20,25H,13-16,19H2,1H3,(H2,36,37)(H,38,40). The maximum absolute atomic E-state index is 14.0. The van der Waals surface area contributed by atoms with Crippen molar-refractivity contribution in [3.8, 4) is 16.9 Å². The minimum Gasteiger partial charge on any atom is -0.482 e. The van der Waals surface area contributed by atoms with Gasteiger partial charge in [0, 0.05) is 53.6 Å². The maximum atomic E-state index is 14.0. The van der Waals surface area contributed by atoms with Crippen molar-refractivity contribution in [3.63, 3.8) is 0 Å². The molecule has 1 unspecified atom stereocenters. The quantitative estimate of drug-likeness (QED) is 0.210. The van der Waals surface area contributed by atoms with E-state index < -0.39 is 11.9 Å². The number of nitrogens with zero attached hydrogens (tertiary/aromatic N) is 2. The van der Waals surface area contributed by atoms with E-state index in [9.17, 15) is 9.18 Å². The fraction of sp³-hybridized carbons (Fsp3) is 0.250. The number of ether oxygens (including phenoxy) is 1. The van der Waals surface area contributed by atoms with E-state index in [0.29, 0.717) is 16.9 Å². The Balaban J connectivity index is 1.20. The predicted molar refractivity (Wildman–Crippen MR) is 162 cm³/mol. The normalized spacial score (nSPS) is 14.9. The van der Waals surface area contributed by atoms with Gasteiger partial charge in [-0.1, -0.05) is 65.7 Å². The lowest BCUT2D eigenvalue weighted by Crippen LogP contribution is -2.44. The first-order chi connectivity index (χ1) is 19.8. The molecule has 4 aromatic rings. The third kappa shape index (κ3) is 6.99. The summed E-state index contributed by atoms with van der Waals surface area (Å²) >= 11 is 12.4. The lowest BCUT2D eigenvalue weighted by molar-refractivity contribution is 0.0909. The maximum Gasteiger partial charge on any atom is 0.251 e. The van der Waals surface area contributed by atoms with Crippen LogP contribution in [0, 0.1) is 5.82 Å². The molecule has 2 heterocycles. The number of piperidine rings is 1. The van der Waals surface area contributed by atoms with Crippen LogP contribution in [0.5, 0.6) is 5.75 Å². The average molecular weight is 594 g/mol. The largest absolute Gasteiger partial charge is 0.482 e. The monoisotopic (exact) mass is 592 g/mol. The Bertz CT molecular complexity index is 1510. The molecule has 3 N–H and O–H groups in total. The van der Waals surface area contributed by atoms with Crippen molar-refractivity contribution in [2.45, 2.75) is 38.5 Å². The van der Waals surface area contributed by atoms with Crippen molar-refractivity contribution in [2.75, 3.05) is 18.8 Å². The zero-order valence-electron chi connectivity index (χ0n) is 22.6. The number of hydrogen-bond acceptors (Lipinski definition) is 5. The van der Waals surface area contributed by atoms with E-state index in [2.05, 4.69) is 39.5 Å². The third-order valence-corrected chi connectivity index (χ3v) is 8.04. The summed E-state index contributed by atoms with van der Waals surface area (Å²) in [5.41, 5.74) is 9.87. The van der Waals surface area contributed by atoms with E-state index in [4.69, 9.17) is 33.7 Å². The number of benzene rings is 3. The molecular weight excluding hydrogens is 562 g/mol. The van der Waals surface area contributed by atoms with Crippen LogP contribution >= 0.6 is 23.2 Å². The highest BCUT2D eigenvalue weighted by Crippen LogP contribution is 2.37. The summed E-state index contributed by atoms with van der Waals surface area (Å²) < 4.78 is 20.0. The van der Waals surface area contributed by atoms with Crippen molar-refractivity contribution in [1.82, 2.24) is 15.2 Å². The van der Waals surface area contributed by atoms with Crippen LogP contribution in [0.4, 0.5) is 10.2 Å². The number of nitrogen functional groups attached to an aromatic ring is 1. The van der Waals surface area contributed by atoms with Gasteiger partial charge in [-0.15, -0.1) is 0 Å². The highest BCUT2D eigenvalue weighted by Gasteiger charge is 2.22. The van der Waals surface area contributed by atoms with Crippen LogP contribution in [0.1, 0.15) is 47.4 Å². The topological polar surface area (TPSA) is 80.5 Å². The number of carbonyl (C=O) groups is 1.